The van der Waals surface area contributed by atoms with Crippen LogP contribution in [0.1, 0.15) is 34.7 Å². The van der Waals surface area contributed by atoms with E-state index in [9.17, 15) is 8.42 Å². The van der Waals surface area contributed by atoms with Crippen LogP contribution in [0, 0.1) is 11.3 Å². The van der Waals surface area contributed by atoms with Crippen molar-refractivity contribution in [3.05, 3.63) is 101 Å². The number of nitriles is 1. The molecule has 0 aliphatic carbocycles. The van der Waals surface area contributed by atoms with Gasteiger partial charge in [0.1, 0.15) is 0 Å². The Labute approximate surface area is 172 Å². The standard InChI is InChI=1S/C25H21NO2S/c1-2-29(27,28)25-17-14-22(15-18-25)12-9-20-7-10-21(11-8-20)13-16-23-5-3-4-6-24(23)19-26/h3-18H,2H2,1H3. The van der Waals surface area contributed by atoms with Gasteiger partial charge in [-0.3, -0.25) is 0 Å². The van der Waals surface area contributed by atoms with E-state index in [2.05, 4.69) is 6.07 Å². The smallest absolute Gasteiger partial charge is 0.178 e. The zero-order valence-corrected chi connectivity index (χ0v) is 16.9. The van der Waals surface area contributed by atoms with Crippen molar-refractivity contribution < 1.29 is 8.42 Å². The fraction of sp³-hybridized carbons (Fsp3) is 0.0800. The largest absolute Gasteiger partial charge is 0.224 e. The van der Waals surface area contributed by atoms with Crippen molar-refractivity contribution in [2.24, 2.45) is 0 Å². The molecule has 0 saturated heterocycles. The summed E-state index contributed by atoms with van der Waals surface area (Å²) in [5.74, 6) is 0.102. The third kappa shape index (κ3) is 5.31. The van der Waals surface area contributed by atoms with E-state index in [0.717, 1.165) is 22.3 Å². The summed E-state index contributed by atoms with van der Waals surface area (Å²) in [6.45, 7) is 1.64. The van der Waals surface area contributed by atoms with E-state index in [1.807, 2.05) is 78.9 Å². The molecule has 0 unspecified atom stereocenters. The van der Waals surface area contributed by atoms with Crippen molar-refractivity contribution in [3.63, 3.8) is 0 Å². The van der Waals surface area contributed by atoms with Crippen molar-refractivity contribution in [1.29, 1.82) is 5.26 Å². The maximum atomic E-state index is 11.9. The van der Waals surface area contributed by atoms with Gasteiger partial charge in [0.25, 0.3) is 0 Å². The minimum absolute atomic E-state index is 0.102. The Bertz CT molecular complexity index is 1180. The first-order valence-corrected chi connectivity index (χ1v) is 11.0. The molecule has 3 nitrogen and oxygen atoms in total. The van der Waals surface area contributed by atoms with E-state index in [-0.39, 0.29) is 5.75 Å². The Hall–Kier alpha value is -3.42. The molecular weight excluding hydrogens is 378 g/mol. The lowest BCUT2D eigenvalue weighted by atomic mass is 10.1. The van der Waals surface area contributed by atoms with Gasteiger partial charge in [0.05, 0.1) is 22.3 Å². The highest BCUT2D eigenvalue weighted by atomic mass is 32.2. The Morgan fingerprint density at radius 2 is 1.24 bits per heavy atom. The molecule has 0 N–H and O–H groups in total. The van der Waals surface area contributed by atoms with Crippen molar-refractivity contribution in [3.8, 4) is 6.07 Å². The van der Waals surface area contributed by atoms with Crippen LogP contribution in [-0.2, 0) is 9.84 Å². The van der Waals surface area contributed by atoms with Crippen LogP contribution in [0.15, 0.2) is 77.7 Å². The first-order valence-electron chi connectivity index (χ1n) is 9.30. The molecule has 144 valence electrons. The number of hydrogen-bond acceptors (Lipinski definition) is 3. The number of sulfone groups is 1. The zero-order valence-electron chi connectivity index (χ0n) is 16.1. The van der Waals surface area contributed by atoms with E-state index >= 15 is 0 Å². The molecule has 0 spiro atoms. The monoisotopic (exact) mass is 399 g/mol. The Balaban J connectivity index is 1.69. The van der Waals surface area contributed by atoms with E-state index in [1.54, 1.807) is 25.1 Å². The van der Waals surface area contributed by atoms with Crippen molar-refractivity contribution >= 4 is 34.1 Å². The molecule has 0 saturated carbocycles. The number of rotatable bonds is 6. The van der Waals surface area contributed by atoms with Gasteiger partial charge in [-0.15, -0.1) is 0 Å². The van der Waals surface area contributed by atoms with Crippen LogP contribution in [0.2, 0.25) is 0 Å². The second kappa shape index (κ2) is 9.18. The second-order valence-corrected chi connectivity index (χ2v) is 8.78. The summed E-state index contributed by atoms with van der Waals surface area (Å²) >= 11 is 0. The predicted molar refractivity (Wildman–Crippen MR) is 120 cm³/mol. The van der Waals surface area contributed by atoms with Gasteiger partial charge < -0.3 is 0 Å². The summed E-state index contributed by atoms with van der Waals surface area (Å²) in [6.07, 6.45) is 7.87. The van der Waals surface area contributed by atoms with E-state index in [0.29, 0.717) is 10.5 Å². The highest BCUT2D eigenvalue weighted by Gasteiger charge is 2.10. The summed E-state index contributed by atoms with van der Waals surface area (Å²) in [7, 11) is -3.17. The van der Waals surface area contributed by atoms with Gasteiger partial charge >= 0.3 is 0 Å². The molecule has 3 rings (SSSR count). The van der Waals surface area contributed by atoms with Gasteiger partial charge in [0, 0.05) is 0 Å². The molecule has 0 amide bonds. The van der Waals surface area contributed by atoms with Crippen molar-refractivity contribution in [2.45, 2.75) is 11.8 Å². The maximum absolute atomic E-state index is 11.9. The van der Waals surface area contributed by atoms with Crippen LogP contribution in [0.25, 0.3) is 24.3 Å². The van der Waals surface area contributed by atoms with Gasteiger partial charge in [-0.2, -0.15) is 5.26 Å². The molecule has 0 aromatic heterocycles. The number of hydrogen-bond donors (Lipinski definition) is 0. The first-order chi connectivity index (χ1) is 14.0. The maximum Gasteiger partial charge on any atom is 0.178 e. The van der Waals surface area contributed by atoms with Gasteiger partial charge in [-0.25, -0.2) is 8.42 Å². The van der Waals surface area contributed by atoms with E-state index < -0.39 is 9.84 Å². The lowest BCUT2D eigenvalue weighted by molar-refractivity contribution is 0.597. The topological polar surface area (TPSA) is 57.9 Å². The summed E-state index contributed by atoms with van der Waals surface area (Å²) in [4.78, 5) is 0.353. The van der Waals surface area contributed by atoms with Crippen LogP contribution >= 0.6 is 0 Å². The summed E-state index contributed by atoms with van der Waals surface area (Å²) in [5.41, 5.74) is 4.58. The molecule has 0 fully saturated rings. The Morgan fingerprint density at radius 1 is 0.759 bits per heavy atom. The summed E-state index contributed by atoms with van der Waals surface area (Å²) in [5, 5.41) is 9.15. The van der Waals surface area contributed by atoms with Gasteiger partial charge in [0.15, 0.2) is 9.84 Å². The Kier molecular flexibility index (Phi) is 6.43. The average Bonchev–Trinajstić information content (AvgIpc) is 2.77. The normalized spacial score (nSPS) is 11.7. The highest BCUT2D eigenvalue weighted by molar-refractivity contribution is 7.91. The minimum atomic E-state index is -3.17. The van der Waals surface area contributed by atoms with E-state index in [4.69, 9.17) is 5.26 Å². The van der Waals surface area contributed by atoms with Crippen molar-refractivity contribution in [2.75, 3.05) is 5.75 Å². The van der Waals surface area contributed by atoms with Crippen LogP contribution in [0.5, 0.6) is 0 Å². The molecule has 0 aliphatic heterocycles. The zero-order chi connectivity index (χ0) is 20.7. The molecule has 4 heteroatoms. The van der Waals surface area contributed by atoms with Crippen LogP contribution in [0.4, 0.5) is 0 Å². The van der Waals surface area contributed by atoms with Gasteiger partial charge in [0.2, 0.25) is 0 Å². The molecule has 0 radical (unpaired) electrons. The Morgan fingerprint density at radius 3 is 1.76 bits per heavy atom. The molecule has 0 bridgehead atoms. The average molecular weight is 400 g/mol. The SMILES string of the molecule is CCS(=O)(=O)c1ccc(C=Cc2ccc(C=Cc3ccccc3C#N)cc2)cc1. The minimum Gasteiger partial charge on any atom is -0.224 e. The van der Waals surface area contributed by atoms with E-state index in [1.165, 1.54) is 0 Å². The number of nitrogens with zero attached hydrogens (tertiary/aromatic N) is 1. The molecular formula is C25H21NO2S. The first kappa shape index (κ1) is 20.3. The predicted octanol–water partition coefficient (Wildman–Crippen LogP) is 5.69. The third-order valence-corrected chi connectivity index (χ3v) is 6.31. The fourth-order valence-electron chi connectivity index (χ4n) is 2.79. The second-order valence-electron chi connectivity index (χ2n) is 6.50. The lowest BCUT2D eigenvalue weighted by Gasteiger charge is -2.01. The number of benzene rings is 3. The summed E-state index contributed by atoms with van der Waals surface area (Å²) in [6, 6.07) is 24.7. The summed E-state index contributed by atoms with van der Waals surface area (Å²) < 4.78 is 23.7. The highest BCUT2D eigenvalue weighted by Crippen LogP contribution is 2.16. The van der Waals surface area contributed by atoms with Crippen molar-refractivity contribution in [1.82, 2.24) is 0 Å². The quantitative estimate of drug-likeness (QED) is 0.500. The third-order valence-electron chi connectivity index (χ3n) is 4.56. The molecule has 3 aromatic carbocycles. The molecule has 3 aromatic rings. The molecule has 0 heterocycles. The van der Waals surface area contributed by atoms with Crippen LogP contribution < -0.4 is 0 Å². The molecule has 0 aliphatic rings. The van der Waals surface area contributed by atoms with Gasteiger partial charge in [-0.05, 0) is 40.5 Å². The van der Waals surface area contributed by atoms with Gasteiger partial charge in [-0.1, -0.05) is 85.8 Å². The van der Waals surface area contributed by atoms with Crippen LogP contribution in [0.3, 0.4) is 0 Å². The lowest BCUT2D eigenvalue weighted by Crippen LogP contribution is -2.02. The fourth-order valence-corrected chi connectivity index (χ4v) is 3.68. The molecule has 29 heavy (non-hydrogen) atoms. The molecule has 0 atom stereocenters. The van der Waals surface area contributed by atoms with Crippen LogP contribution in [-0.4, -0.2) is 14.2 Å².